The molecule has 28 heavy (non-hydrogen) atoms. The van der Waals surface area contributed by atoms with Crippen molar-refractivity contribution in [3.63, 3.8) is 0 Å². The van der Waals surface area contributed by atoms with Gasteiger partial charge in [-0.1, -0.05) is 23.7 Å². The summed E-state index contributed by atoms with van der Waals surface area (Å²) in [4.78, 5) is 48.3. The number of carbonyl (C=O) groups is 4. The Morgan fingerprint density at radius 1 is 1.14 bits per heavy atom. The number of halogens is 1. The second kappa shape index (κ2) is 10.1. The molecule has 0 aliphatic heterocycles. The number of hydrogen-bond acceptors (Lipinski definition) is 6. The number of benzene rings is 1. The Balaban J connectivity index is 1.70. The first-order chi connectivity index (χ1) is 13.4. The third-order valence-electron chi connectivity index (χ3n) is 3.45. The Kier molecular flexibility index (Phi) is 7.58. The SMILES string of the molecule is CN(CC(=O)Nc1ccccc1Cl)C(=O)COC(=O)CNC(=O)c1ccco1. The van der Waals surface area contributed by atoms with Crippen LogP contribution >= 0.6 is 11.6 Å². The fourth-order valence-electron chi connectivity index (χ4n) is 2.01. The molecule has 0 saturated carbocycles. The van der Waals surface area contributed by atoms with E-state index in [4.69, 9.17) is 20.8 Å². The van der Waals surface area contributed by atoms with E-state index >= 15 is 0 Å². The van der Waals surface area contributed by atoms with Crippen molar-refractivity contribution in [1.29, 1.82) is 0 Å². The molecule has 3 amide bonds. The third-order valence-corrected chi connectivity index (χ3v) is 3.78. The number of hydrogen-bond donors (Lipinski definition) is 2. The van der Waals surface area contributed by atoms with Crippen LogP contribution in [0.25, 0.3) is 0 Å². The largest absolute Gasteiger partial charge is 0.459 e. The van der Waals surface area contributed by atoms with Crippen LogP contribution in [-0.2, 0) is 19.1 Å². The number of nitrogens with zero attached hydrogens (tertiary/aromatic N) is 1. The van der Waals surface area contributed by atoms with Crippen molar-refractivity contribution in [2.45, 2.75) is 0 Å². The minimum atomic E-state index is -0.804. The van der Waals surface area contributed by atoms with E-state index in [1.54, 1.807) is 24.3 Å². The molecule has 0 aliphatic carbocycles. The first-order valence-electron chi connectivity index (χ1n) is 8.12. The molecule has 0 radical (unpaired) electrons. The predicted octanol–water partition coefficient (Wildman–Crippen LogP) is 1.30. The number of esters is 1. The number of likely N-dealkylation sites (N-methyl/N-ethyl adjacent to an activating group) is 1. The highest BCUT2D eigenvalue weighted by Crippen LogP contribution is 2.20. The van der Waals surface area contributed by atoms with Crippen LogP contribution in [0.5, 0.6) is 0 Å². The van der Waals surface area contributed by atoms with Crippen LogP contribution in [0.4, 0.5) is 5.69 Å². The molecule has 0 unspecified atom stereocenters. The zero-order valence-electron chi connectivity index (χ0n) is 14.9. The van der Waals surface area contributed by atoms with Crippen molar-refractivity contribution in [1.82, 2.24) is 10.2 Å². The van der Waals surface area contributed by atoms with Crippen LogP contribution in [0.15, 0.2) is 47.1 Å². The van der Waals surface area contributed by atoms with Gasteiger partial charge < -0.3 is 24.7 Å². The van der Waals surface area contributed by atoms with Crippen LogP contribution in [0.3, 0.4) is 0 Å². The van der Waals surface area contributed by atoms with E-state index in [0.717, 1.165) is 4.90 Å². The van der Waals surface area contributed by atoms with Gasteiger partial charge in [-0.15, -0.1) is 0 Å². The van der Waals surface area contributed by atoms with E-state index in [0.29, 0.717) is 10.7 Å². The monoisotopic (exact) mass is 407 g/mol. The molecule has 1 heterocycles. The molecule has 2 rings (SSSR count). The van der Waals surface area contributed by atoms with Gasteiger partial charge in [0.05, 0.1) is 23.5 Å². The summed E-state index contributed by atoms with van der Waals surface area (Å²) in [6, 6.07) is 9.65. The Bertz CT molecular complexity index is 853. The lowest BCUT2D eigenvalue weighted by molar-refractivity contribution is -0.150. The first kappa shape index (κ1) is 21.0. The van der Waals surface area contributed by atoms with Crippen molar-refractivity contribution in [3.8, 4) is 0 Å². The van der Waals surface area contributed by atoms with Gasteiger partial charge in [-0.3, -0.25) is 19.2 Å². The second-order valence-corrected chi connectivity index (χ2v) is 6.01. The average Bonchev–Trinajstić information content (AvgIpc) is 3.20. The fourth-order valence-corrected chi connectivity index (χ4v) is 2.19. The summed E-state index contributed by atoms with van der Waals surface area (Å²) in [6.45, 7) is -1.24. The topological polar surface area (TPSA) is 118 Å². The zero-order valence-corrected chi connectivity index (χ0v) is 15.7. The van der Waals surface area contributed by atoms with Gasteiger partial charge in [0.2, 0.25) is 5.91 Å². The van der Waals surface area contributed by atoms with Crippen LogP contribution in [0.1, 0.15) is 10.6 Å². The molecule has 0 atom stereocenters. The molecule has 0 bridgehead atoms. The van der Waals surface area contributed by atoms with Gasteiger partial charge in [0, 0.05) is 7.05 Å². The summed E-state index contributed by atoms with van der Waals surface area (Å²) in [5.41, 5.74) is 0.425. The lowest BCUT2D eigenvalue weighted by atomic mass is 10.3. The van der Waals surface area contributed by atoms with E-state index < -0.39 is 36.8 Å². The number of ether oxygens (including phenoxy) is 1. The molecule has 1 aromatic heterocycles. The van der Waals surface area contributed by atoms with Gasteiger partial charge >= 0.3 is 5.97 Å². The van der Waals surface area contributed by atoms with Crippen molar-refractivity contribution in [3.05, 3.63) is 53.4 Å². The van der Waals surface area contributed by atoms with Crippen molar-refractivity contribution in [2.24, 2.45) is 0 Å². The van der Waals surface area contributed by atoms with Crippen LogP contribution in [-0.4, -0.2) is 55.3 Å². The summed E-state index contributed by atoms with van der Waals surface area (Å²) >= 11 is 5.95. The Labute approximate surface area is 165 Å². The molecule has 0 fully saturated rings. The maximum absolute atomic E-state index is 12.0. The van der Waals surface area contributed by atoms with Crippen LogP contribution < -0.4 is 10.6 Å². The number of furan rings is 1. The lowest BCUT2D eigenvalue weighted by Gasteiger charge is -2.17. The van der Waals surface area contributed by atoms with Crippen molar-refractivity contribution < 1.29 is 28.3 Å². The molecule has 0 aliphatic rings. The summed E-state index contributed by atoms with van der Waals surface area (Å²) in [5.74, 6) is -2.38. The summed E-state index contributed by atoms with van der Waals surface area (Å²) in [5, 5.41) is 5.24. The van der Waals surface area contributed by atoms with Crippen LogP contribution in [0.2, 0.25) is 5.02 Å². The fraction of sp³-hybridized carbons (Fsp3) is 0.222. The highest BCUT2D eigenvalue weighted by molar-refractivity contribution is 6.33. The smallest absolute Gasteiger partial charge is 0.325 e. The Morgan fingerprint density at radius 2 is 1.89 bits per heavy atom. The standard InChI is InChI=1S/C18H18ClN3O6/c1-22(10-15(23)21-13-6-3-2-5-12(13)19)16(24)11-28-17(25)9-20-18(26)14-7-4-8-27-14/h2-8H,9-11H2,1H3,(H,20,26)(H,21,23). The quantitative estimate of drug-likeness (QED) is 0.637. The van der Waals surface area contributed by atoms with Gasteiger partial charge in [-0.2, -0.15) is 0 Å². The summed E-state index contributed by atoms with van der Waals surface area (Å²) in [7, 11) is 1.39. The Hall–Kier alpha value is -3.33. The first-order valence-corrected chi connectivity index (χ1v) is 8.50. The molecule has 9 nitrogen and oxygen atoms in total. The van der Waals surface area contributed by atoms with E-state index in [-0.39, 0.29) is 12.3 Å². The van der Waals surface area contributed by atoms with E-state index in [1.807, 2.05) is 0 Å². The highest BCUT2D eigenvalue weighted by atomic mass is 35.5. The normalized spacial score (nSPS) is 10.1. The Morgan fingerprint density at radius 3 is 2.57 bits per heavy atom. The zero-order chi connectivity index (χ0) is 20.5. The number of para-hydroxylation sites is 1. The van der Waals surface area contributed by atoms with Gasteiger partial charge in [-0.25, -0.2) is 0 Å². The van der Waals surface area contributed by atoms with Gasteiger partial charge in [0.15, 0.2) is 12.4 Å². The van der Waals surface area contributed by atoms with Gasteiger partial charge in [-0.05, 0) is 24.3 Å². The van der Waals surface area contributed by atoms with Gasteiger partial charge in [0.1, 0.15) is 6.54 Å². The minimum absolute atomic E-state index is 0.0492. The number of amides is 3. The minimum Gasteiger partial charge on any atom is -0.459 e. The molecule has 10 heteroatoms. The highest BCUT2D eigenvalue weighted by Gasteiger charge is 2.17. The lowest BCUT2D eigenvalue weighted by Crippen LogP contribution is -2.38. The number of rotatable bonds is 8. The summed E-state index contributed by atoms with van der Waals surface area (Å²) < 4.78 is 9.66. The molecular weight excluding hydrogens is 390 g/mol. The molecule has 1 aromatic carbocycles. The maximum Gasteiger partial charge on any atom is 0.325 e. The summed E-state index contributed by atoms with van der Waals surface area (Å²) in [6.07, 6.45) is 1.32. The predicted molar refractivity (Wildman–Crippen MR) is 99.7 cm³/mol. The van der Waals surface area contributed by atoms with E-state index in [9.17, 15) is 19.2 Å². The van der Waals surface area contributed by atoms with Crippen molar-refractivity contribution >= 4 is 41.0 Å². The van der Waals surface area contributed by atoms with Gasteiger partial charge in [0.25, 0.3) is 11.8 Å². The molecule has 2 aromatic rings. The van der Waals surface area contributed by atoms with E-state index in [1.165, 1.54) is 25.4 Å². The second-order valence-electron chi connectivity index (χ2n) is 5.60. The number of nitrogens with one attached hydrogen (secondary N) is 2. The molecule has 0 spiro atoms. The average molecular weight is 408 g/mol. The molecule has 0 saturated heterocycles. The maximum atomic E-state index is 12.0. The molecule has 2 N–H and O–H groups in total. The molecular formula is C18H18ClN3O6. The van der Waals surface area contributed by atoms with E-state index in [2.05, 4.69) is 10.6 Å². The number of anilines is 1. The van der Waals surface area contributed by atoms with Crippen LogP contribution in [0, 0.1) is 0 Å². The third kappa shape index (κ3) is 6.44. The number of carbonyl (C=O) groups excluding carboxylic acids is 4. The van der Waals surface area contributed by atoms with Crippen molar-refractivity contribution in [2.75, 3.05) is 32.1 Å². The molecule has 148 valence electrons.